The smallest absolute Gasteiger partial charge is 0.217 e. The first-order valence-electron chi connectivity index (χ1n) is 8.72. The highest BCUT2D eigenvalue weighted by molar-refractivity contribution is 5.73. The van der Waals surface area contributed by atoms with Crippen LogP contribution in [0.5, 0.6) is 0 Å². The van der Waals surface area contributed by atoms with Gasteiger partial charge in [0.15, 0.2) is 0 Å². The summed E-state index contributed by atoms with van der Waals surface area (Å²) in [7, 11) is 3.99. The first-order chi connectivity index (χ1) is 11.9. The predicted molar refractivity (Wildman–Crippen MR) is 96.5 cm³/mol. The molecule has 1 aliphatic carbocycles. The van der Waals surface area contributed by atoms with Crippen molar-refractivity contribution in [1.82, 2.24) is 25.1 Å². The molecule has 1 N–H and O–H groups in total. The standard InChI is InChI=1S/C18H26N6O/c1-12-20-17(15-7-16(8-15)22-13(2)25)9-18(21-12)23(3)6-5-14-10-19-24(4)11-14/h9-11,15-16H,5-8H2,1-4H3,(H,22,25). The van der Waals surface area contributed by atoms with Crippen LogP contribution in [0.3, 0.4) is 0 Å². The van der Waals surface area contributed by atoms with Crippen molar-refractivity contribution in [3.63, 3.8) is 0 Å². The van der Waals surface area contributed by atoms with E-state index >= 15 is 0 Å². The molecule has 0 atom stereocenters. The largest absolute Gasteiger partial charge is 0.359 e. The first kappa shape index (κ1) is 17.4. The van der Waals surface area contributed by atoms with Crippen molar-refractivity contribution >= 4 is 11.7 Å². The highest BCUT2D eigenvalue weighted by Crippen LogP contribution is 2.36. The van der Waals surface area contributed by atoms with Crippen LogP contribution in [0, 0.1) is 6.92 Å². The van der Waals surface area contributed by atoms with E-state index < -0.39 is 0 Å². The molecule has 0 aromatic carbocycles. The van der Waals surface area contributed by atoms with Gasteiger partial charge in [0.05, 0.1) is 6.20 Å². The number of anilines is 1. The molecule has 3 rings (SSSR count). The van der Waals surface area contributed by atoms with Gasteiger partial charge in [0.1, 0.15) is 11.6 Å². The fourth-order valence-electron chi connectivity index (χ4n) is 3.26. The summed E-state index contributed by atoms with van der Waals surface area (Å²) in [5.74, 6) is 2.19. The van der Waals surface area contributed by atoms with Crippen LogP contribution in [0.15, 0.2) is 18.5 Å². The summed E-state index contributed by atoms with van der Waals surface area (Å²) in [5.41, 5.74) is 2.30. The third-order valence-corrected chi connectivity index (χ3v) is 4.69. The van der Waals surface area contributed by atoms with Crippen LogP contribution in [0.2, 0.25) is 0 Å². The van der Waals surface area contributed by atoms with Gasteiger partial charge < -0.3 is 10.2 Å². The molecule has 1 saturated carbocycles. The Labute approximate surface area is 148 Å². The quantitative estimate of drug-likeness (QED) is 0.862. The summed E-state index contributed by atoms with van der Waals surface area (Å²) in [6, 6.07) is 2.37. The fraction of sp³-hybridized carbons (Fsp3) is 0.556. The summed E-state index contributed by atoms with van der Waals surface area (Å²) in [4.78, 5) is 22.5. The lowest BCUT2D eigenvalue weighted by Gasteiger charge is -2.35. The Kier molecular flexibility index (Phi) is 5.01. The van der Waals surface area contributed by atoms with E-state index in [-0.39, 0.29) is 11.9 Å². The first-order valence-corrected chi connectivity index (χ1v) is 8.72. The Morgan fingerprint density at radius 3 is 2.80 bits per heavy atom. The molecule has 0 aliphatic heterocycles. The summed E-state index contributed by atoms with van der Waals surface area (Å²) in [5, 5.41) is 7.18. The van der Waals surface area contributed by atoms with E-state index in [1.165, 1.54) is 5.56 Å². The van der Waals surface area contributed by atoms with E-state index in [1.54, 1.807) is 6.92 Å². The van der Waals surface area contributed by atoms with Gasteiger partial charge in [0, 0.05) is 57.5 Å². The third-order valence-electron chi connectivity index (χ3n) is 4.69. The molecule has 2 heterocycles. The zero-order valence-electron chi connectivity index (χ0n) is 15.4. The molecule has 7 heteroatoms. The molecular formula is C18H26N6O. The number of amides is 1. The fourth-order valence-corrected chi connectivity index (χ4v) is 3.26. The second-order valence-electron chi connectivity index (χ2n) is 6.96. The maximum Gasteiger partial charge on any atom is 0.217 e. The van der Waals surface area contributed by atoms with Crippen molar-refractivity contribution in [1.29, 1.82) is 0 Å². The number of carbonyl (C=O) groups excluding carboxylic acids is 1. The molecule has 0 saturated heterocycles. The lowest BCUT2D eigenvalue weighted by atomic mass is 9.78. The number of rotatable bonds is 6. The van der Waals surface area contributed by atoms with Crippen LogP contribution in [0.1, 0.15) is 42.8 Å². The van der Waals surface area contributed by atoms with Crippen LogP contribution in [-0.4, -0.2) is 45.3 Å². The van der Waals surface area contributed by atoms with Crippen molar-refractivity contribution in [2.24, 2.45) is 7.05 Å². The Morgan fingerprint density at radius 2 is 2.16 bits per heavy atom. The molecule has 0 spiro atoms. The number of aryl methyl sites for hydroxylation is 2. The van der Waals surface area contributed by atoms with Crippen molar-refractivity contribution in [3.8, 4) is 0 Å². The predicted octanol–water partition coefficient (Wildman–Crippen LogP) is 1.58. The van der Waals surface area contributed by atoms with E-state index in [4.69, 9.17) is 0 Å². The van der Waals surface area contributed by atoms with E-state index in [2.05, 4.69) is 38.4 Å². The molecule has 2 aromatic heterocycles. The molecule has 25 heavy (non-hydrogen) atoms. The van der Waals surface area contributed by atoms with Crippen LogP contribution < -0.4 is 10.2 Å². The van der Waals surface area contributed by atoms with Gasteiger partial charge in [-0.05, 0) is 31.7 Å². The lowest BCUT2D eigenvalue weighted by Crippen LogP contribution is -2.42. The minimum absolute atomic E-state index is 0.0399. The Balaban J connectivity index is 1.62. The average molecular weight is 342 g/mol. The van der Waals surface area contributed by atoms with E-state index in [0.29, 0.717) is 5.92 Å². The maximum atomic E-state index is 11.1. The zero-order chi connectivity index (χ0) is 18.0. The van der Waals surface area contributed by atoms with Crippen LogP contribution >= 0.6 is 0 Å². The van der Waals surface area contributed by atoms with Crippen LogP contribution in [0.4, 0.5) is 5.82 Å². The molecule has 7 nitrogen and oxygen atoms in total. The van der Waals surface area contributed by atoms with Crippen molar-refractivity contribution in [2.75, 3.05) is 18.5 Å². The Hall–Kier alpha value is -2.44. The number of hydrogen-bond donors (Lipinski definition) is 1. The van der Waals surface area contributed by atoms with Gasteiger partial charge in [-0.25, -0.2) is 9.97 Å². The van der Waals surface area contributed by atoms with Crippen molar-refractivity contribution < 1.29 is 4.79 Å². The molecule has 0 radical (unpaired) electrons. The van der Waals surface area contributed by atoms with Gasteiger partial charge in [-0.3, -0.25) is 9.48 Å². The molecular weight excluding hydrogens is 316 g/mol. The highest BCUT2D eigenvalue weighted by Gasteiger charge is 2.32. The highest BCUT2D eigenvalue weighted by atomic mass is 16.1. The number of aromatic nitrogens is 4. The SMILES string of the molecule is CC(=O)NC1CC(c2cc(N(C)CCc3cnn(C)c3)nc(C)n2)C1. The van der Waals surface area contributed by atoms with Gasteiger partial charge in [0.2, 0.25) is 5.91 Å². The monoisotopic (exact) mass is 342 g/mol. The number of hydrogen-bond acceptors (Lipinski definition) is 5. The van der Waals surface area contributed by atoms with E-state index in [1.807, 2.05) is 31.0 Å². The maximum absolute atomic E-state index is 11.1. The van der Waals surface area contributed by atoms with E-state index in [9.17, 15) is 4.79 Å². The number of likely N-dealkylation sites (N-methyl/N-ethyl adjacent to an activating group) is 1. The molecule has 0 unspecified atom stereocenters. The average Bonchev–Trinajstić information content (AvgIpc) is 2.92. The number of nitrogens with one attached hydrogen (secondary N) is 1. The van der Waals surface area contributed by atoms with Gasteiger partial charge in [-0.1, -0.05) is 0 Å². The molecule has 1 aliphatic rings. The summed E-state index contributed by atoms with van der Waals surface area (Å²) in [6.45, 7) is 4.38. The van der Waals surface area contributed by atoms with E-state index in [0.717, 1.165) is 43.1 Å². The molecule has 2 aromatic rings. The third kappa shape index (κ3) is 4.35. The Bertz CT molecular complexity index is 750. The number of nitrogens with zero attached hydrogens (tertiary/aromatic N) is 5. The van der Waals surface area contributed by atoms with Crippen LogP contribution in [0.25, 0.3) is 0 Å². The summed E-state index contributed by atoms with van der Waals surface area (Å²) < 4.78 is 1.82. The second-order valence-corrected chi connectivity index (χ2v) is 6.96. The zero-order valence-corrected chi connectivity index (χ0v) is 15.4. The van der Waals surface area contributed by atoms with Gasteiger partial charge >= 0.3 is 0 Å². The molecule has 0 bridgehead atoms. The van der Waals surface area contributed by atoms with Gasteiger partial charge in [-0.15, -0.1) is 0 Å². The van der Waals surface area contributed by atoms with Crippen molar-refractivity contribution in [3.05, 3.63) is 35.5 Å². The molecule has 1 fully saturated rings. The topological polar surface area (TPSA) is 75.9 Å². The normalized spacial score (nSPS) is 19.4. The number of carbonyl (C=O) groups is 1. The Morgan fingerprint density at radius 1 is 1.40 bits per heavy atom. The summed E-state index contributed by atoms with van der Waals surface area (Å²) >= 11 is 0. The minimum Gasteiger partial charge on any atom is -0.359 e. The van der Waals surface area contributed by atoms with Gasteiger partial charge in [0.25, 0.3) is 0 Å². The molecule has 134 valence electrons. The molecule has 1 amide bonds. The van der Waals surface area contributed by atoms with Crippen molar-refractivity contribution in [2.45, 2.75) is 45.1 Å². The van der Waals surface area contributed by atoms with Crippen LogP contribution in [-0.2, 0) is 18.3 Å². The minimum atomic E-state index is 0.0399. The summed E-state index contributed by atoms with van der Waals surface area (Å²) in [6.07, 6.45) is 6.78. The van der Waals surface area contributed by atoms with Gasteiger partial charge in [-0.2, -0.15) is 5.10 Å². The lowest BCUT2D eigenvalue weighted by molar-refractivity contribution is -0.120. The second kappa shape index (κ2) is 7.21.